The van der Waals surface area contributed by atoms with Gasteiger partial charge in [-0.15, -0.1) is 0 Å². The van der Waals surface area contributed by atoms with Crippen molar-refractivity contribution in [1.29, 1.82) is 0 Å². The molecule has 2 nitrogen and oxygen atoms in total. The van der Waals surface area contributed by atoms with E-state index in [0.717, 1.165) is 21.2 Å². The number of rotatable bonds is 3. The number of nitrogens with two attached hydrogens (primary N) is 1. The molecule has 0 aliphatic heterocycles. The molecule has 0 aliphatic carbocycles. The molecule has 0 bridgehead atoms. The van der Waals surface area contributed by atoms with Crippen LogP contribution >= 0.6 is 15.9 Å². The van der Waals surface area contributed by atoms with Gasteiger partial charge in [0.1, 0.15) is 5.82 Å². The van der Waals surface area contributed by atoms with Crippen LogP contribution in [0.5, 0.6) is 0 Å². The van der Waals surface area contributed by atoms with Gasteiger partial charge in [-0.05, 0) is 42.2 Å². The van der Waals surface area contributed by atoms with E-state index in [1.54, 1.807) is 18.5 Å². The molecule has 1 aromatic carbocycles. The summed E-state index contributed by atoms with van der Waals surface area (Å²) in [6, 6.07) is 6.54. The maximum absolute atomic E-state index is 13.0. The minimum absolute atomic E-state index is 0.140. The van der Waals surface area contributed by atoms with E-state index in [1.165, 1.54) is 12.1 Å². The van der Waals surface area contributed by atoms with Gasteiger partial charge in [-0.2, -0.15) is 0 Å². The second kappa shape index (κ2) is 5.59. The van der Waals surface area contributed by atoms with Gasteiger partial charge < -0.3 is 5.73 Å². The number of aromatic nitrogens is 1. The van der Waals surface area contributed by atoms with Crippen LogP contribution in [-0.2, 0) is 6.42 Å². The second-order valence-electron chi connectivity index (χ2n) is 4.34. The van der Waals surface area contributed by atoms with Crippen molar-refractivity contribution in [3.05, 3.63) is 63.6 Å². The van der Waals surface area contributed by atoms with Gasteiger partial charge in [0, 0.05) is 22.9 Å². The highest BCUT2D eigenvalue weighted by Crippen LogP contribution is 2.23. The second-order valence-corrected chi connectivity index (χ2v) is 5.20. The molecule has 0 amide bonds. The maximum Gasteiger partial charge on any atom is 0.124 e. The molecular weight excluding hydrogens is 295 g/mol. The van der Waals surface area contributed by atoms with Crippen molar-refractivity contribution >= 4 is 15.9 Å². The topological polar surface area (TPSA) is 38.9 Å². The lowest BCUT2D eigenvalue weighted by Crippen LogP contribution is -2.14. The summed E-state index contributed by atoms with van der Waals surface area (Å²) in [5.41, 5.74) is 9.22. The van der Waals surface area contributed by atoms with Gasteiger partial charge in [0.05, 0.1) is 0 Å². The van der Waals surface area contributed by atoms with Crippen LogP contribution in [0.1, 0.15) is 22.7 Å². The largest absolute Gasteiger partial charge is 0.324 e. The zero-order valence-corrected chi connectivity index (χ0v) is 11.6. The van der Waals surface area contributed by atoms with E-state index >= 15 is 0 Å². The fourth-order valence-corrected chi connectivity index (χ4v) is 2.34. The third-order valence-electron chi connectivity index (χ3n) is 2.78. The van der Waals surface area contributed by atoms with Crippen molar-refractivity contribution in [1.82, 2.24) is 4.98 Å². The van der Waals surface area contributed by atoms with Gasteiger partial charge in [-0.3, -0.25) is 4.98 Å². The van der Waals surface area contributed by atoms with Gasteiger partial charge in [-0.25, -0.2) is 4.39 Å². The van der Waals surface area contributed by atoms with Gasteiger partial charge >= 0.3 is 0 Å². The fraction of sp³-hybridized carbons (Fsp3) is 0.214. The lowest BCUT2D eigenvalue weighted by molar-refractivity contribution is 0.624. The Balaban J connectivity index is 2.18. The van der Waals surface area contributed by atoms with E-state index in [0.29, 0.717) is 6.42 Å². The molecule has 1 aromatic heterocycles. The van der Waals surface area contributed by atoms with E-state index in [1.807, 2.05) is 13.0 Å². The molecule has 1 heterocycles. The van der Waals surface area contributed by atoms with Gasteiger partial charge in [0.15, 0.2) is 0 Å². The van der Waals surface area contributed by atoms with Crippen molar-refractivity contribution < 1.29 is 4.39 Å². The summed E-state index contributed by atoms with van der Waals surface area (Å²) in [6.07, 6.45) is 4.21. The van der Waals surface area contributed by atoms with Crippen molar-refractivity contribution in [2.45, 2.75) is 19.4 Å². The zero-order valence-electron chi connectivity index (χ0n) is 10.0. The minimum atomic E-state index is -0.253. The molecule has 1 atom stereocenters. The Bertz CT molecular complexity index is 557. The number of nitrogens with zero attached hydrogens (tertiary/aromatic N) is 1. The number of aryl methyl sites for hydroxylation is 1. The Morgan fingerprint density at radius 3 is 2.78 bits per heavy atom. The summed E-state index contributed by atoms with van der Waals surface area (Å²) in [5.74, 6) is -0.253. The molecule has 2 N–H and O–H groups in total. The van der Waals surface area contributed by atoms with E-state index in [2.05, 4.69) is 20.9 Å². The molecule has 1 unspecified atom stereocenters. The zero-order chi connectivity index (χ0) is 13.1. The fourth-order valence-electron chi connectivity index (χ4n) is 1.82. The van der Waals surface area contributed by atoms with E-state index < -0.39 is 0 Å². The molecule has 0 fully saturated rings. The highest BCUT2D eigenvalue weighted by atomic mass is 79.9. The van der Waals surface area contributed by atoms with Gasteiger partial charge in [0.25, 0.3) is 0 Å². The Kier molecular flexibility index (Phi) is 4.09. The molecule has 4 heteroatoms. The molecule has 2 rings (SSSR count). The number of benzene rings is 1. The van der Waals surface area contributed by atoms with E-state index in [-0.39, 0.29) is 11.9 Å². The lowest BCUT2D eigenvalue weighted by atomic mass is 10.0. The molecule has 0 spiro atoms. The third kappa shape index (κ3) is 3.15. The minimum Gasteiger partial charge on any atom is -0.324 e. The summed E-state index contributed by atoms with van der Waals surface area (Å²) in [6.45, 7) is 1.98. The quantitative estimate of drug-likeness (QED) is 0.942. The van der Waals surface area contributed by atoms with Crippen LogP contribution in [-0.4, -0.2) is 4.98 Å². The van der Waals surface area contributed by atoms with E-state index in [9.17, 15) is 4.39 Å². The molecular formula is C14H14BrFN2. The summed E-state index contributed by atoms with van der Waals surface area (Å²) in [7, 11) is 0. The van der Waals surface area contributed by atoms with Crippen LogP contribution in [0.2, 0.25) is 0 Å². The van der Waals surface area contributed by atoms with Crippen molar-refractivity contribution in [3.8, 4) is 0 Å². The number of hydrogen-bond acceptors (Lipinski definition) is 2. The normalized spacial score (nSPS) is 12.4. The first-order valence-electron chi connectivity index (χ1n) is 5.67. The monoisotopic (exact) mass is 308 g/mol. The average Bonchev–Trinajstić information content (AvgIpc) is 2.32. The number of pyridine rings is 1. The van der Waals surface area contributed by atoms with Crippen LogP contribution in [0, 0.1) is 12.7 Å². The predicted molar refractivity (Wildman–Crippen MR) is 73.7 cm³/mol. The molecule has 2 aromatic rings. The summed E-state index contributed by atoms with van der Waals surface area (Å²) < 4.78 is 13.7. The summed E-state index contributed by atoms with van der Waals surface area (Å²) >= 11 is 3.35. The number of hydrogen-bond donors (Lipinski definition) is 1. The van der Waals surface area contributed by atoms with Crippen molar-refractivity contribution in [2.75, 3.05) is 0 Å². The Labute approximate surface area is 114 Å². The molecule has 0 radical (unpaired) electrons. The summed E-state index contributed by atoms with van der Waals surface area (Å²) in [5, 5.41) is 0. The molecule has 94 valence electrons. The smallest absolute Gasteiger partial charge is 0.124 e. The first-order chi connectivity index (χ1) is 8.56. The van der Waals surface area contributed by atoms with Crippen molar-refractivity contribution in [2.24, 2.45) is 5.73 Å². The Hall–Kier alpha value is -1.26. The highest BCUT2D eigenvalue weighted by Gasteiger charge is 2.10. The van der Waals surface area contributed by atoms with Crippen LogP contribution in [0.25, 0.3) is 0 Å². The molecule has 0 saturated heterocycles. The SMILES string of the molecule is Cc1cncc(C(N)Cc2ccc(F)cc2Br)c1. The summed E-state index contributed by atoms with van der Waals surface area (Å²) in [4.78, 5) is 4.13. The van der Waals surface area contributed by atoms with Crippen LogP contribution in [0.15, 0.2) is 41.1 Å². The Morgan fingerprint density at radius 2 is 2.11 bits per heavy atom. The van der Waals surface area contributed by atoms with Crippen molar-refractivity contribution in [3.63, 3.8) is 0 Å². The third-order valence-corrected chi connectivity index (χ3v) is 3.52. The standard InChI is InChI=1S/C14H14BrFN2/c1-9-4-11(8-18-7-9)14(17)5-10-2-3-12(16)6-13(10)15/h2-4,6-8,14H,5,17H2,1H3. The first-order valence-corrected chi connectivity index (χ1v) is 6.46. The predicted octanol–water partition coefficient (Wildman–Crippen LogP) is 3.53. The van der Waals surface area contributed by atoms with Crippen LogP contribution < -0.4 is 5.73 Å². The Morgan fingerprint density at radius 1 is 1.33 bits per heavy atom. The molecule has 0 saturated carbocycles. The van der Waals surface area contributed by atoms with Gasteiger partial charge in [-0.1, -0.05) is 28.1 Å². The molecule has 18 heavy (non-hydrogen) atoms. The highest BCUT2D eigenvalue weighted by molar-refractivity contribution is 9.10. The van der Waals surface area contributed by atoms with Crippen LogP contribution in [0.3, 0.4) is 0 Å². The molecule has 0 aliphatic rings. The maximum atomic E-state index is 13.0. The number of halogens is 2. The average molecular weight is 309 g/mol. The van der Waals surface area contributed by atoms with Gasteiger partial charge in [0.2, 0.25) is 0 Å². The van der Waals surface area contributed by atoms with Crippen LogP contribution in [0.4, 0.5) is 4.39 Å². The lowest BCUT2D eigenvalue weighted by Gasteiger charge is -2.13. The van der Waals surface area contributed by atoms with E-state index in [4.69, 9.17) is 5.73 Å². The first kappa shape index (κ1) is 13.2.